The molecule has 123 heavy (non-hydrogen) atoms. The summed E-state index contributed by atoms with van der Waals surface area (Å²) in [6.07, 6.45) is 2.32. The van der Waals surface area contributed by atoms with Gasteiger partial charge in [-0.2, -0.15) is 35.3 Å². The largest absolute Gasteiger partial charge is 0.481 e. The fourth-order valence-corrected chi connectivity index (χ4v) is 17.0. The molecule has 3 aliphatic heterocycles. The Labute approximate surface area is 730 Å². The predicted molar refractivity (Wildman–Crippen MR) is 455 cm³/mol. The van der Waals surface area contributed by atoms with Gasteiger partial charge in [-0.25, -0.2) is 0 Å². The molecule has 2 aromatic rings. The number of amides is 7. The van der Waals surface area contributed by atoms with E-state index in [9.17, 15) is 92.3 Å². The van der Waals surface area contributed by atoms with Gasteiger partial charge in [0.2, 0.25) is 41.4 Å². The van der Waals surface area contributed by atoms with E-state index >= 15 is 0 Å². The molecule has 8 atom stereocenters. The molecule has 3 aliphatic rings. The van der Waals surface area contributed by atoms with Crippen molar-refractivity contribution in [3.63, 3.8) is 0 Å². The number of nitrogens with zero attached hydrogens (tertiary/aromatic N) is 5. The fourth-order valence-electron chi connectivity index (χ4n) is 14.0. The number of aliphatic hydroxyl groups is 1. The average molecular weight is 1790 g/mol. The summed E-state index contributed by atoms with van der Waals surface area (Å²) in [6, 6.07) is 8.16. The van der Waals surface area contributed by atoms with Crippen LogP contribution >= 0.6 is 35.3 Å². The standard InChI is InChI=1S/C83H126N10O27S3/c1-3-4-6-14-65(96)45-62-55-122-53-60-41-59(52-121-40-11-15-64(95)20-28-115-30-32-117-34-36-119-38-39-120-37-35-118-33-31-116-29-21-85-72(99)47-90(49-74(102)103)26-24-89(48-73(100)101)25-27-91(50-75(104)105)51-76(106)107)42-61(43-60)54-123-56-63(83(113)114)46-70(97)67(44-58-12-7-5-8-13-58)87-78(108)66(18-19-71(84)98)86-80(110)77(57(2)94)88-79(109)68-16-9-22-92(68)82(112)69-17-10-23-93(69)81(62)111/h5,7-8,12-13,41-43,57,62-63,66-69,77,94H,3-4,6,9-11,14-40,44-56H2,1-2H3,(H2,84,98)(H,85,99)(H,86,110)(H,87,108)(H,88,109)(H,100,101)(H,102,103)(H,104,105)(H,106,107)(H,113,114)/t57-,62+,63+,66+,67+,68+,69+,77+/m1/s1. The summed E-state index contributed by atoms with van der Waals surface area (Å²) in [7, 11) is 0. The van der Waals surface area contributed by atoms with Crippen LogP contribution in [0, 0.1) is 11.8 Å². The van der Waals surface area contributed by atoms with Gasteiger partial charge in [-0.05, 0) is 86.3 Å². The summed E-state index contributed by atoms with van der Waals surface area (Å²) >= 11 is 4.42. The maximum Gasteiger partial charge on any atom is 0.317 e. The number of primary amides is 1. The molecule has 0 aliphatic carbocycles. The summed E-state index contributed by atoms with van der Waals surface area (Å²) in [4.78, 5) is 204. The first-order valence-corrected chi connectivity index (χ1v) is 45.4. The highest BCUT2D eigenvalue weighted by molar-refractivity contribution is 7.99. The SMILES string of the molecule is CCCCCC(=O)C[C@H]1CSCc2cc(CSCCCC(=O)CCOCCOCCOCCOCCOCCOCCNC(=O)CN(CCN(CCN(CC(=O)O)CC(=O)O)CC(=O)O)CC(=O)O)cc(c2)CSC[C@@H](C(=O)O)CC(=O)[C@H](Cc2ccccc2)NC(=O)[C@H](CCC(N)=O)NC(=O)[C@H]([C@@H](C)O)NC(=O)[C@@H]2CCCN2C(=O)[C@@H]2CCCN2C1=O. The molecule has 40 heteroatoms. The van der Waals surface area contributed by atoms with Crippen LogP contribution < -0.4 is 27.0 Å². The summed E-state index contributed by atoms with van der Waals surface area (Å²) < 4.78 is 33.4. The van der Waals surface area contributed by atoms with Crippen molar-refractivity contribution in [3.8, 4) is 0 Å². The minimum absolute atomic E-state index is 0.00820. The lowest BCUT2D eigenvalue weighted by atomic mass is 9.95. The van der Waals surface area contributed by atoms with Crippen LogP contribution in [-0.4, -0.2) is 355 Å². The zero-order chi connectivity index (χ0) is 89.9. The van der Waals surface area contributed by atoms with Crippen LogP contribution in [0.4, 0.5) is 0 Å². The quantitative estimate of drug-likeness (QED) is 0.0420. The van der Waals surface area contributed by atoms with Gasteiger partial charge >= 0.3 is 29.8 Å². The van der Waals surface area contributed by atoms with Gasteiger partial charge in [-0.15, -0.1) is 0 Å². The van der Waals surface area contributed by atoms with Crippen molar-refractivity contribution in [1.82, 2.24) is 45.8 Å². The fraction of sp³-hybridized carbons (Fsp3) is 0.675. The van der Waals surface area contributed by atoms with Crippen molar-refractivity contribution >= 4 is 124 Å². The normalized spacial score (nSPS) is 19.5. The highest BCUT2D eigenvalue weighted by atomic mass is 32.2. The number of unbranched alkanes of at least 4 members (excludes halogenated alkanes) is 2. The maximum absolute atomic E-state index is 14.9. The van der Waals surface area contributed by atoms with Gasteiger partial charge < -0.3 is 95.9 Å². The second kappa shape index (κ2) is 60.4. The van der Waals surface area contributed by atoms with Crippen LogP contribution in [0.15, 0.2) is 48.5 Å². The molecule has 3 heterocycles. The van der Waals surface area contributed by atoms with Crippen LogP contribution in [0.2, 0.25) is 0 Å². The van der Waals surface area contributed by atoms with Crippen LogP contribution in [0.1, 0.15) is 132 Å². The summed E-state index contributed by atoms with van der Waals surface area (Å²) in [5.41, 5.74) is 8.86. The third-order valence-electron chi connectivity index (χ3n) is 20.2. The lowest BCUT2D eigenvalue weighted by molar-refractivity contribution is -0.148. The predicted octanol–water partition coefficient (Wildman–Crippen LogP) is 1.74. The Balaban J connectivity index is 1.07. The summed E-state index contributed by atoms with van der Waals surface area (Å²) in [5, 5.41) is 69.1. The number of fused-ring (bicyclic) bond motifs is 4. The molecule has 0 radical (unpaired) electrons. The van der Waals surface area contributed by atoms with E-state index in [4.69, 9.17) is 44.4 Å². The van der Waals surface area contributed by atoms with Crippen LogP contribution in [0.25, 0.3) is 0 Å². The Hall–Kier alpha value is -8.26. The number of hydrogen-bond acceptors (Lipinski definition) is 28. The van der Waals surface area contributed by atoms with Crippen molar-refractivity contribution in [2.24, 2.45) is 17.6 Å². The van der Waals surface area contributed by atoms with E-state index in [1.165, 1.54) is 50.0 Å². The summed E-state index contributed by atoms with van der Waals surface area (Å²) in [5.74, 6) is -11.5. The molecule has 2 bridgehead atoms. The number of nitrogens with two attached hydrogens (primary N) is 1. The molecule has 2 fully saturated rings. The van der Waals surface area contributed by atoms with E-state index < -0.39 is 158 Å². The first kappa shape index (κ1) is 105. The number of benzene rings is 2. The van der Waals surface area contributed by atoms with E-state index in [1.54, 1.807) is 42.1 Å². The molecule has 0 saturated carbocycles. The van der Waals surface area contributed by atoms with Crippen molar-refractivity contribution in [2.75, 3.05) is 175 Å². The number of ether oxygens (including phenoxy) is 6. The minimum atomic E-state index is -1.69. The number of aliphatic hydroxyl groups excluding tert-OH is 1. The van der Waals surface area contributed by atoms with Gasteiger partial charge in [0.25, 0.3) is 0 Å². The number of ketones is 3. The van der Waals surface area contributed by atoms with Gasteiger partial charge in [0.1, 0.15) is 35.7 Å². The number of carboxylic acid groups (broad SMARTS) is 5. The molecule has 688 valence electrons. The number of hydrogen-bond donors (Lipinski definition) is 11. The minimum Gasteiger partial charge on any atom is -0.481 e. The molecule has 2 saturated heterocycles. The number of nitrogens with one attached hydrogen (secondary N) is 4. The Kier molecular flexibility index (Phi) is 51.7. The molecule has 37 nitrogen and oxygen atoms in total. The van der Waals surface area contributed by atoms with Gasteiger partial charge in [0.05, 0.1) is 136 Å². The second-order valence-corrected chi connectivity index (χ2v) is 33.6. The molecule has 7 amide bonds. The topological polar surface area (TPSA) is 523 Å². The van der Waals surface area contributed by atoms with E-state index in [0.29, 0.717) is 120 Å². The molecular formula is C83H126N10O27S3. The van der Waals surface area contributed by atoms with Crippen LogP contribution in [0.3, 0.4) is 0 Å². The number of aliphatic carboxylic acids is 5. The number of thioether (sulfide) groups is 3. The molecule has 5 rings (SSSR count). The first-order chi connectivity index (χ1) is 59.0. The molecule has 0 unspecified atom stereocenters. The van der Waals surface area contributed by atoms with Crippen LogP contribution in [-0.2, 0) is 124 Å². The monoisotopic (exact) mass is 1790 g/mol. The van der Waals surface area contributed by atoms with Gasteiger partial charge in [0.15, 0.2) is 5.78 Å². The molecule has 0 spiro atoms. The third-order valence-corrected chi connectivity index (χ3v) is 23.7. The first-order valence-electron chi connectivity index (χ1n) is 41.9. The van der Waals surface area contributed by atoms with Crippen molar-refractivity contribution in [2.45, 2.75) is 170 Å². The smallest absolute Gasteiger partial charge is 0.317 e. The van der Waals surface area contributed by atoms with Crippen molar-refractivity contribution in [3.05, 3.63) is 70.8 Å². The van der Waals surface area contributed by atoms with Gasteiger partial charge in [0, 0.05) is 113 Å². The zero-order valence-corrected chi connectivity index (χ0v) is 73.0. The second-order valence-electron chi connectivity index (χ2n) is 30.5. The third kappa shape index (κ3) is 44.0. The average Bonchev–Trinajstić information content (AvgIpc) is 1.66. The maximum atomic E-state index is 14.9. The number of carbonyl (C=O) groups is 15. The van der Waals surface area contributed by atoms with Crippen LogP contribution in [0.5, 0.6) is 0 Å². The van der Waals surface area contributed by atoms with Crippen molar-refractivity contribution in [1.29, 1.82) is 0 Å². The van der Waals surface area contributed by atoms with Crippen molar-refractivity contribution < 1.29 is 131 Å². The molecular weight excluding hydrogens is 1670 g/mol. The Bertz CT molecular complexity index is 3670. The van der Waals surface area contributed by atoms with E-state index in [0.717, 1.165) is 34.4 Å². The zero-order valence-electron chi connectivity index (χ0n) is 70.6. The lowest BCUT2D eigenvalue weighted by Crippen LogP contribution is -2.61. The van der Waals surface area contributed by atoms with E-state index in [1.807, 2.05) is 19.1 Å². The highest BCUT2D eigenvalue weighted by Crippen LogP contribution is 2.31. The number of carboxylic acids is 5. The molecule has 12 N–H and O–H groups in total. The highest BCUT2D eigenvalue weighted by Gasteiger charge is 2.45. The summed E-state index contributed by atoms with van der Waals surface area (Å²) in [6.45, 7) is 4.42. The van der Waals surface area contributed by atoms with E-state index in [-0.39, 0.29) is 146 Å². The lowest BCUT2D eigenvalue weighted by Gasteiger charge is -2.33. The molecule has 2 aromatic carbocycles. The molecule has 0 aromatic heterocycles. The number of Topliss-reactive ketones (excluding diaryl/α,β-unsaturated/α-hetero) is 3. The Morgan fingerprint density at radius 2 is 1.07 bits per heavy atom. The van der Waals surface area contributed by atoms with Gasteiger partial charge in [-0.3, -0.25) is 86.6 Å². The number of carbonyl (C=O) groups excluding carboxylic acids is 10. The van der Waals surface area contributed by atoms with E-state index in [2.05, 4.69) is 27.3 Å². The Morgan fingerprint density at radius 3 is 1.63 bits per heavy atom. The Morgan fingerprint density at radius 1 is 0.561 bits per heavy atom. The number of rotatable bonds is 56. The van der Waals surface area contributed by atoms with Gasteiger partial charge in [-0.1, -0.05) is 68.3 Å².